The van der Waals surface area contributed by atoms with Crippen LogP contribution in [0, 0.1) is 20.8 Å². The van der Waals surface area contributed by atoms with E-state index in [2.05, 4.69) is 55.6 Å². The summed E-state index contributed by atoms with van der Waals surface area (Å²) in [5, 5.41) is 4.14. The molecule has 0 bridgehead atoms. The molecule has 0 aliphatic carbocycles. The summed E-state index contributed by atoms with van der Waals surface area (Å²) in [5.41, 5.74) is 9.42. The van der Waals surface area contributed by atoms with Gasteiger partial charge in [0.1, 0.15) is 11.3 Å². The molecule has 1 heterocycles. The second-order valence-corrected chi connectivity index (χ2v) is 9.92. The normalized spacial score (nSPS) is 12.5. The zero-order valence-corrected chi connectivity index (χ0v) is 22.8. The molecule has 4 nitrogen and oxygen atoms in total. The Morgan fingerprint density at radius 1 is 1.05 bits per heavy atom. The SMILES string of the molecule is CCOc1c(/C(C)=C/C(=O)NC(C)CCc2ccccc2)cc2c(-c3ccc(C)cc3C)coc2c1C. The van der Waals surface area contributed by atoms with Crippen molar-refractivity contribution in [1.29, 1.82) is 0 Å². The van der Waals surface area contributed by atoms with Crippen LogP contribution in [0.15, 0.2) is 71.4 Å². The minimum atomic E-state index is -0.0972. The van der Waals surface area contributed by atoms with Crippen molar-refractivity contribution in [3.63, 3.8) is 0 Å². The van der Waals surface area contributed by atoms with E-state index in [0.717, 1.165) is 57.4 Å². The Morgan fingerprint density at radius 3 is 2.51 bits per heavy atom. The topological polar surface area (TPSA) is 51.5 Å². The van der Waals surface area contributed by atoms with E-state index in [4.69, 9.17) is 9.15 Å². The lowest BCUT2D eigenvalue weighted by Gasteiger charge is -2.16. The number of hydrogen-bond donors (Lipinski definition) is 1. The third-order valence-corrected chi connectivity index (χ3v) is 6.87. The standard InChI is InChI=1S/C33H37NO3/c1-7-36-32-25(6)33-29(30(20-37-33)27-16-13-21(2)17-22(27)3)19-28(32)23(4)18-31(35)34-24(5)14-15-26-11-9-8-10-12-26/h8-13,16-20,24H,7,14-15H2,1-6H3,(H,34,35)/b23-18+. The van der Waals surface area contributed by atoms with E-state index in [-0.39, 0.29) is 11.9 Å². The predicted molar refractivity (Wildman–Crippen MR) is 153 cm³/mol. The second kappa shape index (κ2) is 11.5. The number of ether oxygens (including phenoxy) is 1. The molecule has 0 fully saturated rings. The van der Waals surface area contributed by atoms with E-state index >= 15 is 0 Å². The molecule has 192 valence electrons. The summed E-state index contributed by atoms with van der Waals surface area (Å²) in [6.07, 6.45) is 5.32. The fourth-order valence-electron chi connectivity index (χ4n) is 4.92. The summed E-state index contributed by atoms with van der Waals surface area (Å²) >= 11 is 0. The van der Waals surface area contributed by atoms with Gasteiger partial charge in [-0.05, 0) is 82.7 Å². The van der Waals surface area contributed by atoms with Crippen LogP contribution in [0.1, 0.15) is 55.0 Å². The van der Waals surface area contributed by atoms with Crippen LogP contribution in [0.5, 0.6) is 5.75 Å². The molecule has 3 aromatic carbocycles. The first-order valence-electron chi connectivity index (χ1n) is 13.1. The van der Waals surface area contributed by atoms with E-state index in [1.165, 1.54) is 16.7 Å². The Bertz CT molecular complexity index is 1430. The molecule has 1 aromatic heterocycles. The van der Waals surface area contributed by atoms with Crippen LogP contribution in [-0.2, 0) is 11.2 Å². The lowest BCUT2D eigenvalue weighted by atomic mass is 9.94. The second-order valence-electron chi connectivity index (χ2n) is 9.92. The molecule has 1 unspecified atom stereocenters. The molecule has 0 aliphatic rings. The van der Waals surface area contributed by atoms with Crippen molar-refractivity contribution in [3.8, 4) is 16.9 Å². The first-order valence-corrected chi connectivity index (χ1v) is 13.1. The maximum atomic E-state index is 12.9. The average Bonchev–Trinajstić information content (AvgIpc) is 3.29. The Balaban J connectivity index is 1.63. The number of carbonyl (C=O) groups is 1. The third-order valence-electron chi connectivity index (χ3n) is 6.87. The molecule has 1 N–H and O–H groups in total. The highest BCUT2D eigenvalue weighted by atomic mass is 16.5. The van der Waals surface area contributed by atoms with E-state index in [1.807, 2.05) is 52.2 Å². The molecule has 37 heavy (non-hydrogen) atoms. The number of allylic oxidation sites excluding steroid dienone is 1. The first-order chi connectivity index (χ1) is 17.8. The van der Waals surface area contributed by atoms with Gasteiger partial charge in [-0.1, -0.05) is 54.1 Å². The lowest BCUT2D eigenvalue weighted by Crippen LogP contribution is -2.31. The van der Waals surface area contributed by atoms with Gasteiger partial charge in [0.2, 0.25) is 5.91 Å². The van der Waals surface area contributed by atoms with Crippen molar-refractivity contribution >= 4 is 22.4 Å². The van der Waals surface area contributed by atoms with Gasteiger partial charge in [0, 0.05) is 34.2 Å². The van der Waals surface area contributed by atoms with E-state index in [0.29, 0.717) is 6.61 Å². The molecule has 0 aliphatic heterocycles. The molecule has 4 heteroatoms. The minimum Gasteiger partial charge on any atom is -0.493 e. The molecule has 0 radical (unpaired) electrons. The highest BCUT2D eigenvalue weighted by Crippen LogP contribution is 2.41. The summed E-state index contributed by atoms with van der Waals surface area (Å²) in [6, 6.07) is 19.0. The Kier molecular flexibility index (Phi) is 8.17. The Hall–Kier alpha value is -3.79. The van der Waals surface area contributed by atoms with Crippen molar-refractivity contribution in [3.05, 3.63) is 94.8 Å². The number of amides is 1. The largest absolute Gasteiger partial charge is 0.493 e. The third kappa shape index (κ3) is 5.96. The van der Waals surface area contributed by atoms with Crippen molar-refractivity contribution < 1.29 is 13.9 Å². The number of rotatable bonds is 9. The van der Waals surface area contributed by atoms with Gasteiger partial charge in [0.15, 0.2) is 0 Å². The van der Waals surface area contributed by atoms with Crippen LogP contribution >= 0.6 is 0 Å². The highest BCUT2D eigenvalue weighted by molar-refractivity contribution is 6.02. The number of nitrogens with one attached hydrogen (secondary N) is 1. The number of hydrogen-bond acceptors (Lipinski definition) is 3. The number of aryl methyl sites for hydroxylation is 4. The Morgan fingerprint density at radius 2 is 1.81 bits per heavy atom. The van der Waals surface area contributed by atoms with Crippen LogP contribution in [0.2, 0.25) is 0 Å². The quantitative estimate of drug-likeness (QED) is 0.240. The fraction of sp³-hybridized carbons (Fsp3) is 0.303. The summed E-state index contributed by atoms with van der Waals surface area (Å²) < 4.78 is 12.1. The Labute approximate surface area is 220 Å². The number of benzene rings is 3. The first kappa shape index (κ1) is 26.3. The van der Waals surface area contributed by atoms with Gasteiger partial charge in [-0.25, -0.2) is 0 Å². The van der Waals surface area contributed by atoms with Gasteiger partial charge in [0.25, 0.3) is 0 Å². The fourth-order valence-corrected chi connectivity index (χ4v) is 4.92. The van der Waals surface area contributed by atoms with Crippen molar-refractivity contribution in [2.75, 3.05) is 6.61 Å². The van der Waals surface area contributed by atoms with Crippen LogP contribution in [0.4, 0.5) is 0 Å². The molecule has 0 spiro atoms. The lowest BCUT2D eigenvalue weighted by molar-refractivity contribution is -0.117. The molecule has 1 amide bonds. The van der Waals surface area contributed by atoms with E-state index < -0.39 is 0 Å². The van der Waals surface area contributed by atoms with Crippen LogP contribution in [0.25, 0.3) is 27.7 Å². The molecule has 4 aromatic rings. The van der Waals surface area contributed by atoms with Crippen LogP contribution in [0.3, 0.4) is 0 Å². The van der Waals surface area contributed by atoms with Crippen molar-refractivity contribution in [1.82, 2.24) is 5.32 Å². The van der Waals surface area contributed by atoms with Crippen LogP contribution < -0.4 is 10.1 Å². The minimum absolute atomic E-state index is 0.0670. The van der Waals surface area contributed by atoms with Gasteiger partial charge in [0.05, 0.1) is 12.9 Å². The van der Waals surface area contributed by atoms with Gasteiger partial charge in [-0.2, -0.15) is 0 Å². The zero-order chi connectivity index (χ0) is 26.5. The molecular weight excluding hydrogens is 458 g/mol. The summed E-state index contributed by atoms with van der Waals surface area (Å²) in [7, 11) is 0. The van der Waals surface area contributed by atoms with Crippen molar-refractivity contribution in [2.45, 2.75) is 60.4 Å². The smallest absolute Gasteiger partial charge is 0.244 e. The molecular formula is C33H37NO3. The predicted octanol–water partition coefficient (Wildman–Crippen LogP) is 7.96. The molecule has 4 rings (SSSR count). The summed E-state index contributed by atoms with van der Waals surface area (Å²) in [6.45, 7) is 12.8. The molecule has 0 saturated heterocycles. The van der Waals surface area contributed by atoms with Gasteiger partial charge in [-0.3, -0.25) is 4.79 Å². The molecule has 1 atom stereocenters. The summed E-state index contributed by atoms with van der Waals surface area (Å²) in [5.74, 6) is 0.662. The van der Waals surface area contributed by atoms with Gasteiger partial charge >= 0.3 is 0 Å². The number of fused-ring (bicyclic) bond motifs is 1. The van der Waals surface area contributed by atoms with E-state index in [9.17, 15) is 4.79 Å². The maximum Gasteiger partial charge on any atom is 0.244 e. The van der Waals surface area contributed by atoms with Gasteiger partial charge in [-0.15, -0.1) is 0 Å². The number of furan rings is 1. The van der Waals surface area contributed by atoms with E-state index in [1.54, 1.807) is 6.08 Å². The van der Waals surface area contributed by atoms with Gasteiger partial charge < -0.3 is 14.5 Å². The number of carbonyl (C=O) groups excluding carboxylic acids is 1. The average molecular weight is 496 g/mol. The van der Waals surface area contributed by atoms with Crippen molar-refractivity contribution in [2.24, 2.45) is 0 Å². The van der Waals surface area contributed by atoms with Crippen LogP contribution in [-0.4, -0.2) is 18.6 Å². The zero-order valence-electron chi connectivity index (χ0n) is 22.8. The monoisotopic (exact) mass is 495 g/mol. The summed E-state index contributed by atoms with van der Waals surface area (Å²) in [4.78, 5) is 12.9. The maximum absolute atomic E-state index is 12.9. The molecule has 0 saturated carbocycles. The highest BCUT2D eigenvalue weighted by Gasteiger charge is 2.20.